The van der Waals surface area contributed by atoms with E-state index in [2.05, 4.69) is 38.4 Å². The number of ether oxygens (including phenoxy) is 1. The molecular formula is C20H18N4O2. The first-order chi connectivity index (χ1) is 12.7. The van der Waals surface area contributed by atoms with E-state index in [-0.39, 0.29) is 5.97 Å². The molecule has 0 unspecified atom stereocenters. The van der Waals surface area contributed by atoms with Crippen molar-refractivity contribution in [2.75, 3.05) is 23.9 Å². The van der Waals surface area contributed by atoms with Crippen LogP contribution in [0.15, 0.2) is 60.8 Å². The van der Waals surface area contributed by atoms with Gasteiger partial charge in [0.25, 0.3) is 0 Å². The summed E-state index contributed by atoms with van der Waals surface area (Å²) in [6.07, 6.45) is 2.74. The van der Waals surface area contributed by atoms with E-state index in [4.69, 9.17) is 4.74 Å². The number of para-hydroxylation sites is 1. The van der Waals surface area contributed by atoms with Crippen molar-refractivity contribution < 1.29 is 9.53 Å². The largest absolute Gasteiger partial charge is 0.465 e. The van der Waals surface area contributed by atoms with Crippen LogP contribution in [0.4, 0.5) is 23.1 Å². The monoisotopic (exact) mass is 346 g/mol. The van der Waals surface area contributed by atoms with E-state index in [0.717, 1.165) is 24.5 Å². The molecule has 0 bridgehead atoms. The Bertz CT molecular complexity index is 958. The number of esters is 1. The summed E-state index contributed by atoms with van der Waals surface area (Å²) in [6.45, 7) is 0.896. The van der Waals surface area contributed by atoms with Gasteiger partial charge in [0.2, 0.25) is 5.95 Å². The van der Waals surface area contributed by atoms with Gasteiger partial charge >= 0.3 is 5.97 Å². The first kappa shape index (κ1) is 16.1. The molecule has 0 radical (unpaired) electrons. The number of anilines is 4. The summed E-state index contributed by atoms with van der Waals surface area (Å²) >= 11 is 0. The minimum atomic E-state index is -0.378. The molecule has 0 spiro atoms. The predicted molar refractivity (Wildman–Crippen MR) is 100 cm³/mol. The number of benzene rings is 2. The number of methoxy groups -OCH3 is 1. The van der Waals surface area contributed by atoms with Crippen molar-refractivity contribution in [1.29, 1.82) is 0 Å². The molecular weight excluding hydrogens is 328 g/mol. The Labute approximate surface area is 151 Å². The summed E-state index contributed by atoms with van der Waals surface area (Å²) in [5.74, 6) is 0.947. The second-order valence-corrected chi connectivity index (χ2v) is 5.97. The molecule has 0 saturated heterocycles. The maximum atomic E-state index is 11.7. The maximum absolute atomic E-state index is 11.7. The van der Waals surface area contributed by atoms with Gasteiger partial charge in [0.1, 0.15) is 5.82 Å². The summed E-state index contributed by atoms with van der Waals surface area (Å²) in [7, 11) is 1.36. The molecule has 4 rings (SSSR count). The number of fused-ring (bicyclic) bond motifs is 1. The molecule has 0 amide bonds. The van der Waals surface area contributed by atoms with Gasteiger partial charge in [0, 0.05) is 24.1 Å². The lowest BCUT2D eigenvalue weighted by atomic mass is 10.2. The minimum absolute atomic E-state index is 0.378. The van der Waals surface area contributed by atoms with Crippen LogP contribution < -0.4 is 10.2 Å². The molecule has 0 aliphatic carbocycles. The molecule has 1 N–H and O–H groups in total. The van der Waals surface area contributed by atoms with Crippen molar-refractivity contribution in [3.05, 3.63) is 71.9 Å². The van der Waals surface area contributed by atoms with E-state index in [0.29, 0.717) is 11.5 Å². The van der Waals surface area contributed by atoms with E-state index < -0.39 is 0 Å². The molecule has 26 heavy (non-hydrogen) atoms. The Morgan fingerprint density at radius 3 is 2.92 bits per heavy atom. The fourth-order valence-electron chi connectivity index (χ4n) is 3.11. The van der Waals surface area contributed by atoms with Crippen LogP contribution in [0.5, 0.6) is 0 Å². The number of hydrogen-bond donors (Lipinski definition) is 1. The van der Waals surface area contributed by atoms with Crippen molar-refractivity contribution in [2.45, 2.75) is 6.42 Å². The van der Waals surface area contributed by atoms with Crippen molar-refractivity contribution >= 4 is 29.1 Å². The van der Waals surface area contributed by atoms with Gasteiger partial charge in [-0.15, -0.1) is 0 Å². The van der Waals surface area contributed by atoms with Crippen molar-refractivity contribution in [3.63, 3.8) is 0 Å². The van der Waals surface area contributed by atoms with E-state index in [9.17, 15) is 4.79 Å². The van der Waals surface area contributed by atoms with Gasteiger partial charge in [-0.1, -0.05) is 24.3 Å². The summed E-state index contributed by atoms with van der Waals surface area (Å²) in [4.78, 5) is 22.8. The van der Waals surface area contributed by atoms with E-state index >= 15 is 0 Å². The van der Waals surface area contributed by atoms with Gasteiger partial charge < -0.3 is 15.0 Å². The third kappa shape index (κ3) is 3.09. The zero-order chi connectivity index (χ0) is 17.9. The van der Waals surface area contributed by atoms with Gasteiger partial charge in [0.05, 0.1) is 12.7 Å². The van der Waals surface area contributed by atoms with E-state index in [1.807, 2.05) is 18.2 Å². The average molecular weight is 346 g/mol. The molecule has 0 fully saturated rings. The standard InChI is InChI=1S/C20H18N4O2/c1-26-19(25)15-6-4-7-16(13-15)22-20-21-11-9-18(23-20)24-12-10-14-5-2-3-8-17(14)24/h2-9,11,13H,10,12H2,1H3,(H,21,22,23). The van der Waals surface area contributed by atoms with E-state index in [1.54, 1.807) is 24.4 Å². The van der Waals surface area contributed by atoms with Gasteiger partial charge in [-0.3, -0.25) is 0 Å². The molecule has 3 aromatic rings. The Balaban J connectivity index is 1.59. The summed E-state index contributed by atoms with van der Waals surface area (Å²) in [5, 5.41) is 3.15. The third-order valence-electron chi connectivity index (χ3n) is 4.34. The number of carbonyl (C=O) groups is 1. The maximum Gasteiger partial charge on any atom is 0.337 e. The molecule has 6 heteroatoms. The van der Waals surface area contributed by atoms with Gasteiger partial charge in [-0.05, 0) is 42.3 Å². The highest BCUT2D eigenvalue weighted by molar-refractivity contribution is 5.90. The van der Waals surface area contributed by atoms with Gasteiger partial charge in [-0.25, -0.2) is 9.78 Å². The number of nitrogens with one attached hydrogen (secondary N) is 1. The quantitative estimate of drug-likeness (QED) is 0.727. The SMILES string of the molecule is COC(=O)c1cccc(Nc2nccc(N3CCc4ccccc43)n2)c1. The number of aromatic nitrogens is 2. The number of carbonyl (C=O) groups excluding carboxylic acids is 1. The van der Waals surface area contributed by atoms with Crippen molar-refractivity contribution in [3.8, 4) is 0 Å². The van der Waals surface area contributed by atoms with Crippen LogP contribution in [0, 0.1) is 0 Å². The predicted octanol–water partition coefficient (Wildman–Crippen LogP) is 3.70. The lowest BCUT2D eigenvalue weighted by molar-refractivity contribution is 0.0601. The second kappa shape index (κ2) is 6.84. The normalized spacial score (nSPS) is 12.6. The Morgan fingerprint density at radius 2 is 2.04 bits per heavy atom. The van der Waals surface area contributed by atoms with Crippen LogP contribution in [-0.2, 0) is 11.2 Å². The molecule has 6 nitrogen and oxygen atoms in total. The van der Waals surface area contributed by atoms with Crippen molar-refractivity contribution in [2.24, 2.45) is 0 Å². The van der Waals surface area contributed by atoms with Crippen LogP contribution in [-0.4, -0.2) is 29.6 Å². The van der Waals surface area contributed by atoms with E-state index in [1.165, 1.54) is 18.4 Å². The number of hydrogen-bond acceptors (Lipinski definition) is 6. The Morgan fingerprint density at radius 1 is 1.15 bits per heavy atom. The molecule has 0 atom stereocenters. The average Bonchev–Trinajstić information content (AvgIpc) is 3.12. The zero-order valence-electron chi connectivity index (χ0n) is 14.3. The molecule has 1 aromatic heterocycles. The highest BCUT2D eigenvalue weighted by Gasteiger charge is 2.21. The first-order valence-corrected chi connectivity index (χ1v) is 8.38. The van der Waals surface area contributed by atoms with Gasteiger partial charge in [-0.2, -0.15) is 4.98 Å². The lowest BCUT2D eigenvalue weighted by Gasteiger charge is -2.18. The minimum Gasteiger partial charge on any atom is -0.465 e. The highest BCUT2D eigenvalue weighted by Crippen LogP contribution is 2.33. The van der Waals surface area contributed by atoms with Crippen LogP contribution in [0.2, 0.25) is 0 Å². The molecule has 2 aromatic carbocycles. The van der Waals surface area contributed by atoms with Crippen molar-refractivity contribution in [1.82, 2.24) is 9.97 Å². The van der Waals surface area contributed by atoms with Crippen LogP contribution in [0.3, 0.4) is 0 Å². The molecule has 1 aliphatic rings. The number of nitrogens with zero attached hydrogens (tertiary/aromatic N) is 3. The fraction of sp³-hybridized carbons (Fsp3) is 0.150. The van der Waals surface area contributed by atoms with Crippen LogP contribution in [0.25, 0.3) is 0 Å². The zero-order valence-corrected chi connectivity index (χ0v) is 14.3. The van der Waals surface area contributed by atoms with Crippen LogP contribution in [0.1, 0.15) is 15.9 Å². The Hall–Kier alpha value is -3.41. The summed E-state index contributed by atoms with van der Waals surface area (Å²) in [6, 6.07) is 17.3. The summed E-state index contributed by atoms with van der Waals surface area (Å²) in [5.41, 5.74) is 3.71. The lowest BCUT2D eigenvalue weighted by Crippen LogP contribution is -2.15. The molecule has 0 saturated carbocycles. The molecule has 2 heterocycles. The van der Waals surface area contributed by atoms with Gasteiger partial charge in [0.15, 0.2) is 0 Å². The van der Waals surface area contributed by atoms with Crippen LogP contribution >= 0.6 is 0 Å². The first-order valence-electron chi connectivity index (χ1n) is 8.38. The third-order valence-corrected chi connectivity index (χ3v) is 4.34. The second-order valence-electron chi connectivity index (χ2n) is 5.97. The smallest absolute Gasteiger partial charge is 0.337 e. The fourth-order valence-corrected chi connectivity index (χ4v) is 3.11. The Kier molecular flexibility index (Phi) is 4.23. The highest BCUT2D eigenvalue weighted by atomic mass is 16.5. The number of rotatable bonds is 4. The topological polar surface area (TPSA) is 67.3 Å². The summed E-state index contributed by atoms with van der Waals surface area (Å²) < 4.78 is 4.76. The molecule has 130 valence electrons. The molecule has 1 aliphatic heterocycles.